The molecule has 1 aromatic rings. The Kier molecular flexibility index (Phi) is 11.2. The number of carboxylic acids is 1. The Hall–Kier alpha value is -0.535. The van der Waals surface area contributed by atoms with Crippen molar-refractivity contribution in [1.29, 1.82) is 0 Å². The van der Waals surface area contributed by atoms with Gasteiger partial charge in [0.1, 0.15) is 0 Å². The summed E-state index contributed by atoms with van der Waals surface area (Å²) < 4.78 is 2.09. The maximum atomic E-state index is 10.6. The molecular weight excluding hydrogens is 531 g/mol. The third-order valence-electron chi connectivity index (χ3n) is 5.52. The van der Waals surface area contributed by atoms with Crippen molar-refractivity contribution < 1.29 is 20.1 Å². The number of allylic oxidation sites excluding steroid dienone is 3. The molecule has 5 atom stereocenters. The molecule has 1 aliphatic rings. The number of unbranched alkanes of at least 4 members (excludes halogenated alkanes) is 1. The van der Waals surface area contributed by atoms with Gasteiger partial charge in [-0.15, -0.1) is 0 Å². The van der Waals surface area contributed by atoms with Crippen LogP contribution in [0.25, 0.3) is 0 Å². The van der Waals surface area contributed by atoms with E-state index in [1.807, 2.05) is 24.3 Å². The SMILES string of the molecule is [B]=C[C@@H]1CC(O)[C@H](C/C=C\CCCC(=O)O)[C@H]1/C=C/[C@@H](O)CCc1cc(Br)c(Br)s1. The number of halogens is 2. The molecule has 1 aliphatic carbocycles. The van der Waals surface area contributed by atoms with Crippen molar-refractivity contribution in [2.24, 2.45) is 17.8 Å². The summed E-state index contributed by atoms with van der Waals surface area (Å²) in [7, 11) is 5.82. The summed E-state index contributed by atoms with van der Waals surface area (Å²) in [5.41, 5.74) is 0. The third kappa shape index (κ3) is 8.19. The Labute approximate surface area is 200 Å². The van der Waals surface area contributed by atoms with Crippen molar-refractivity contribution in [3.8, 4) is 0 Å². The molecule has 0 spiro atoms. The van der Waals surface area contributed by atoms with Gasteiger partial charge in [-0.25, -0.2) is 0 Å². The van der Waals surface area contributed by atoms with Gasteiger partial charge in [-0.3, -0.25) is 0 Å². The van der Waals surface area contributed by atoms with E-state index >= 15 is 0 Å². The van der Waals surface area contributed by atoms with Crippen molar-refractivity contribution in [3.05, 3.63) is 43.5 Å². The second kappa shape index (κ2) is 13.1. The zero-order chi connectivity index (χ0) is 22.1. The first-order valence-corrected chi connectivity index (χ1v) is 12.6. The molecule has 0 bridgehead atoms. The van der Waals surface area contributed by atoms with Gasteiger partial charge in [0.05, 0.1) is 0 Å². The van der Waals surface area contributed by atoms with Crippen molar-refractivity contribution >= 4 is 62.6 Å². The van der Waals surface area contributed by atoms with Crippen LogP contribution in [0.15, 0.2) is 38.6 Å². The Bertz CT molecular complexity index is 745. The fraction of sp³-hybridized carbons (Fsp3) is 0.545. The average molecular weight is 559 g/mol. The molecule has 8 heteroatoms. The zero-order valence-corrected chi connectivity index (χ0v) is 20.8. The predicted octanol–water partition coefficient (Wildman–Crippen LogP) is 4.91. The Balaban J connectivity index is 1.89. The van der Waals surface area contributed by atoms with Crippen LogP contribution >= 0.6 is 43.2 Å². The van der Waals surface area contributed by atoms with Crippen molar-refractivity contribution in [3.63, 3.8) is 0 Å². The molecule has 0 aliphatic heterocycles. The normalized spacial score (nSPS) is 25.3. The van der Waals surface area contributed by atoms with Gasteiger partial charge < -0.3 is 0 Å². The van der Waals surface area contributed by atoms with Crippen molar-refractivity contribution in [2.45, 2.75) is 57.2 Å². The van der Waals surface area contributed by atoms with Crippen LogP contribution in [0.4, 0.5) is 0 Å². The summed E-state index contributed by atoms with van der Waals surface area (Å²) in [4.78, 5) is 11.8. The van der Waals surface area contributed by atoms with Gasteiger partial charge in [0.25, 0.3) is 0 Å². The zero-order valence-electron chi connectivity index (χ0n) is 16.8. The first-order valence-electron chi connectivity index (χ1n) is 10.2. The molecule has 30 heavy (non-hydrogen) atoms. The first kappa shape index (κ1) is 25.7. The monoisotopic (exact) mass is 557 g/mol. The second-order valence-electron chi connectivity index (χ2n) is 7.72. The quantitative estimate of drug-likeness (QED) is 0.194. The van der Waals surface area contributed by atoms with Crippen LogP contribution in [0.3, 0.4) is 0 Å². The third-order valence-corrected chi connectivity index (χ3v) is 8.83. The summed E-state index contributed by atoms with van der Waals surface area (Å²) in [5, 5.41) is 29.6. The molecular formula is C22H28BBr2O4S. The minimum atomic E-state index is -0.779. The summed E-state index contributed by atoms with van der Waals surface area (Å²) in [6.45, 7) is 0. The van der Waals surface area contributed by atoms with E-state index in [-0.39, 0.29) is 24.2 Å². The summed E-state index contributed by atoms with van der Waals surface area (Å²) >= 11 is 8.63. The molecule has 4 nitrogen and oxygen atoms in total. The number of aliphatic hydroxyl groups is 2. The molecule has 0 amide bonds. The topological polar surface area (TPSA) is 77.8 Å². The number of carboxylic acid groups (broad SMARTS) is 1. The van der Waals surface area contributed by atoms with Gasteiger partial charge >= 0.3 is 201 Å². The van der Waals surface area contributed by atoms with E-state index in [0.29, 0.717) is 25.7 Å². The molecule has 1 unspecified atom stereocenters. The first-order chi connectivity index (χ1) is 14.3. The molecule has 1 saturated carbocycles. The number of aryl methyl sites for hydroxylation is 1. The molecule has 0 aromatic carbocycles. The van der Waals surface area contributed by atoms with Crippen molar-refractivity contribution in [1.82, 2.24) is 0 Å². The summed E-state index contributed by atoms with van der Waals surface area (Å²) in [5.74, 6) is 1.07. The Morgan fingerprint density at radius 3 is 2.77 bits per heavy atom. The Morgan fingerprint density at radius 1 is 1.37 bits per heavy atom. The molecule has 163 valence electrons. The number of carbonyl (C=O) groups is 1. The van der Waals surface area contributed by atoms with E-state index in [2.05, 4.69) is 37.9 Å². The minimum absolute atomic E-state index is 0.0400. The average Bonchev–Trinajstić information content (AvgIpc) is 3.19. The van der Waals surface area contributed by atoms with Gasteiger partial charge in [0, 0.05) is 0 Å². The van der Waals surface area contributed by atoms with E-state index in [4.69, 9.17) is 12.6 Å². The van der Waals surface area contributed by atoms with Crippen LogP contribution < -0.4 is 0 Å². The van der Waals surface area contributed by atoms with Crippen LogP contribution in [0.5, 0.6) is 0 Å². The molecule has 1 heterocycles. The van der Waals surface area contributed by atoms with E-state index in [0.717, 1.165) is 21.1 Å². The van der Waals surface area contributed by atoms with Crippen LogP contribution in [0.2, 0.25) is 0 Å². The van der Waals surface area contributed by atoms with Gasteiger partial charge in [-0.1, -0.05) is 0 Å². The molecule has 0 saturated heterocycles. The standard InChI is InChI=1S/C22H28BBr2O4S/c23-13-14-11-20(27)18(5-3-1-2-4-6-21(28)29)17(14)10-8-15(26)7-9-16-12-19(24)22(25)30-16/h1,3,8,10,12-15,17-18,20,26-27H,2,4-7,9,11H2,(H,28,29)/b3-1-,10-8+/t14-,15-,17-,18+,20?/m0/s1. The van der Waals surface area contributed by atoms with Crippen LogP contribution in [-0.4, -0.2) is 47.0 Å². The van der Waals surface area contributed by atoms with Crippen LogP contribution in [-0.2, 0) is 11.2 Å². The van der Waals surface area contributed by atoms with E-state index in [1.54, 1.807) is 17.3 Å². The fourth-order valence-electron chi connectivity index (χ4n) is 3.89. The molecule has 1 aromatic heterocycles. The van der Waals surface area contributed by atoms with E-state index in [1.165, 1.54) is 4.88 Å². The number of thiophene rings is 1. The number of rotatable bonds is 12. The molecule has 1 radical (unpaired) electrons. The van der Waals surface area contributed by atoms with Gasteiger partial charge in [-0.2, -0.15) is 0 Å². The number of hydrogen-bond acceptors (Lipinski definition) is 4. The van der Waals surface area contributed by atoms with Gasteiger partial charge in [-0.05, 0) is 0 Å². The molecule has 2 rings (SSSR count). The maximum absolute atomic E-state index is 10.6. The number of aliphatic carboxylic acids is 1. The molecule has 1 fully saturated rings. The Morgan fingerprint density at radius 2 is 2.13 bits per heavy atom. The van der Waals surface area contributed by atoms with E-state index < -0.39 is 18.2 Å². The van der Waals surface area contributed by atoms with Crippen LogP contribution in [0, 0.1) is 17.8 Å². The predicted molar refractivity (Wildman–Crippen MR) is 131 cm³/mol. The summed E-state index contributed by atoms with van der Waals surface area (Å²) in [6.07, 6.45) is 11.1. The van der Waals surface area contributed by atoms with E-state index in [9.17, 15) is 15.0 Å². The fourth-order valence-corrected chi connectivity index (χ4v) is 6.08. The number of aliphatic hydroxyl groups excluding tert-OH is 2. The van der Waals surface area contributed by atoms with Gasteiger partial charge in [0.2, 0.25) is 0 Å². The molecule has 3 N–H and O–H groups in total. The second-order valence-corrected chi connectivity index (χ2v) is 11.0. The van der Waals surface area contributed by atoms with Gasteiger partial charge in [0.15, 0.2) is 0 Å². The number of hydrogen-bond donors (Lipinski definition) is 3. The van der Waals surface area contributed by atoms with Crippen LogP contribution in [0.1, 0.15) is 43.4 Å². The van der Waals surface area contributed by atoms with Crippen molar-refractivity contribution in [2.75, 3.05) is 0 Å². The summed E-state index contributed by atoms with van der Waals surface area (Å²) in [6, 6.07) is 2.07.